The first-order chi connectivity index (χ1) is 11.0. The molecule has 1 spiro atoms. The number of nitrogens with zero attached hydrogens (tertiary/aromatic N) is 2. The fourth-order valence-corrected chi connectivity index (χ4v) is 4.09. The highest BCUT2D eigenvalue weighted by Gasteiger charge is 2.60. The molecule has 0 bridgehead atoms. The lowest BCUT2D eigenvalue weighted by Gasteiger charge is -2.50. The summed E-state index contributed by atoms with van der Waals surface area (Å²) in [4.78, 5) is 28.4. The Morgan fingerprint density at radius 1 is 1.17 bits per heavy atom. The lowest BCUT2D eigenvalue weighted by atomic mass is 9.71. The Morgan fingerprint density at radius 2 is 1.71 bits per heavy atom. The Morgan fingerprint density at radius 3 is 2.17 bits per heavy atom. The van der Waals surface area contributed by atoms with E-state index in [1.54, 1.807) is 4.90 Å². The van der Waals surface area contributed by atoms with Gasteiger partial charge in [0.15, 0.2) is 0 Å². The lowest BCUT2D eigenvalue weighted by Crippen LogP contribution is -2.63. The van der Waals surface area contributed by atoms with E-state index in [9.17, 15) is 14.7 Å². The first kappa shape index (κ1) is 17.5. The van der Waals surface area contributed by atoms with Crippen molar-refractivity contribution in [2.24, 2.45) is 22.7 Å². The third-order valence-electron chi connectivity index (χ3n) is 5.82. The van der Waals surface area contributed by atoms with Crippen molar-refractivity contribution in [1.82, 2.24) is 9.80 Å². The zero-order chi connectivity index (χ0) is 17.9. The minimum absolute atomic E-state index is 0.0151. The molecule has 6 heteroatoms. The second-order valence-corrected chi connectivity index (χ2v) is 9.54. The first-order valence-corrected chi connectivity index (χ1v) is 8.85. The van der Waals surface area contributed by atoms with Gasteiger partial charge in [-0.1, -0.05) is 13.8 Å². The van der Waals surface area contributed by atoms with E-state index in [-0.39, 0.29) is 41.3 Å². The van der Waals surface area contributed by atoms with E-state index in [1.165, 1.54) is 0 Å². The van der Waals surface area contributed by atoms with Crippen LogP contribution >= 0.6 is 0 Å². The standard InChI is InChI=1S/C18H30N2O4/c1-16(2,3)24-15(23)19-7-12(8-21)18(9-19)10-20(11-18)14(22)13-6-17(13,4)5/h12-13,21H,6-11H2,1-5H3/t12?,13-/m1/s1. The number of likely N-dealkylation sites (tertiary alicyclic amines) is 2. The second kappa shape index (κ2) is 5.35. The number of carbonyl (C=O) groups is 2. The molecule has 0 aromatic heterocycles. The molecule has 6 nitrogen and oxygen atoms in total. The molecule has 2 aliphatic heterocycles. The molecule has 2 amide bonds. The quantitative estimate of drug-likeness (QED) is 0.832. The average molecular weight is 338 g/mol. The maximum atomic E-state index is 12.5. The topological polar surface area (TPSA) is 70.1 Å². The summed E-state index contributed by atoms with van der Waals surface area (Å²) in [5, 5.41) is 9.75. The van der Waals surface area contributed by atoms with E-state index < -0.39 is 5.60 Å². The van der Waals surface area contributed by atoms with Crippen molar-refractivity contribution in [3.63, 3.8) is 0 Å². The molecule has 0 aromatic rings. The summed E-state index contributed by atoms with van der Waals surface area (Å²) in [5.74, 6) is 0.394. The molecule has 0 aromatic carbocycles. The van der Waals surface area contributed by atoms with Crippen LogP contribution in [-0.2, 0) is 9.53 Å². The van der Waals surface area contributed by atoms with E-state index in [1.807, 2.05) is 25.7 Å². The Bertz CT molecular complexity index is 546. The number of ether oxygens (including phenoxy) is 1. The molecule has 3 rings (SSSR count). The van der Waals surface area contributed by atoms with Gasteiger partial charge in [-0.2, -0.15) is 0 Å². The second-order valence-electron chi connectivity index (χ2n) is 9.54. The van der Waals surface area contributed by atoms with Gasteiger partial charge in [0.05, 0.1) is 0 Å². The summed E-state index contributed by atoms with van der Waals surface area (Å²) in [5.41, 5.74) is -0.560. The van der Waals surface area contributed by atoms with Crippen LogP contribution in [0.2, 0.25) is 0 Å². The molecule has 2 saturated heterocycles. The van der Waals surface area contributed by atoms with Gasteiger partial charge in [-0.25, -0.2) is 4.79 Å². The van der Waals surface area contributed by atoms with Crippen LogP contribution in [0.1, 0.15) is 41.0 Å². The average Bonchev–Trinajstić information content (AvgIpc) is 2.89. The van der Waals surface area contributed by atoms with E-state index >= 15 is 0 Å². The smallest absolute Gasteiger partial charge is 0.410 e. The molecule has 136 valence electrons. The van der Waals surface area contributed by atoms with Crippen LogP contribution in [0.3, 0.4) is 0 Å². The van der Waals surface area contributed by atoms with Crippen LogP contribution in [0.15, 0.2) is 0 Å². The third-order valence-corrected chi connectivity index (χ3v) is 5.82. The molecule has 3 aliphatic rings. The maximum Gasteiger partial charge on any atom is 0.410 e. The number of aliphatic hydroxyl groups excluding tert-OH is 1. The van der Waals surface area contributed by atoms with Crippen molar-refractivity contribution >= 4 is 12.0 Å². The normalized spacial score (nSPS) is 30.2. The number of amides is 2. The van der Waals surface area contributed by atoms with Crippen LogP contribution in [0.5, 0.6) is 0 Å². The van der Waals surface area contributed by atoms with Crippen molar-refractivity contribution in [2.75, 3.05) is 32.8 Å². The van der Waals surface area contributed by atoms with Crippen LogP contribution < -0.4 is 0 Å². The molecule has 1 aliphatic carbocycles. The van der Waals surface area contributed by atoms with E-state index in [2.05, 4.69) is 13.8 Å². The summed E-state index contributed by atoms with van der Waals surface area (Å²) in [6.45, 7) is 12.2. The Kier molecular flexibility index (Phi) is 3.90. The third kappa shape index (κ3) is 3.01. The first-order valence-electron chi connectivity index (χ1n) is 8.85. The largest absolute Gasteiger partial charge is 0.444 e. The van der Waals surface area contributed by atoms with Gasteiger partial charge >= 0.3 is 6.09 Å². The SMILES string of the molecule is CC(C)(C)OC(=O)N1CC(CO)C2(C1)CN(C(=O)[C@H]1CC1(C)C)C2. The van der Waals surface area contributed by atoms with E-state index in [0.717, 1.165) is 6.42 Å². The van der Waals surface area contributed by atoms with Gasteiger partial charge in [-0.15, -0.1) is 0 Å². The summed E-state index contributed by atoms with van der Waals surface area (Å²) < 4.78 is 5.45. The summed E-state index contributed by atoms with van der Waals surface area (Å²) in [6.07, 6.45) is 0.633. The highest BCUT2D eigenvalue weighted by atomic mass is 16.6. The number of rotatable bonds is 2. The Hall–Kier alpha value is -1.30. The monoisotopic (exact) mass is 338 g/mol. The number of hydrogen-bond acceptors (Lipinski definition) is 4. The molecule has 1 unspecified atom stereocenters. The van der Waals surface area contributed by atoms with Crippen molar-refractivity contribution in [3.8, 4) is 0 Å². The Balaban J connectivity index is 1.60. The van der Waals surface area contributed by atoms with Gasteiger partial charge in [0.1, 0.15) is 5.60 Å². The van der Waals surface area contributed by atoms with Crippen LogP contribution in [0, 0.1) is 22.7 Å². The van der Waals surface area contributed by atoms with Crippen LogP contribution in [0.25, 0.3) is 0 Å². The molecule has 1 saturated carbocycles. The van der Waals surface area contributed by atoms with Gasteiger partial charge < -0.3 is 19.6 Å². The summed E-state index contributed by atoms with van der Waals surface area (Å²) in [6, 6.07) is 0. The Labute approximate surface area is 144 Å². The van der Waals surface area contributed by atoms with Crippen molar-refractivity contribution in [1.29, 1.82) is 0 Å². The van der Waals surface area contributed by atoms with Gasteiger partial charge in [0.25, 0.3) is 0 Å². The molecule has 2 heterocycles. The van der Waals surface area contributed by atoms with Gasteiger partial charge in [0.2, 0.25) is 5.91 Å². The van der Waals surface area contributed by atoms with E-state index in [0.29, 0.717) is 26.2 Å². The van der Waals surface area contributed by atoms with E-state index in [4.69, 9.17) is 4.74 Å². The number of hydrogen-bond donors (Lipinski definition) is 1. The van der Waals surface area contributed by atoms with Gasteiger partial charge in [0, 0.05) is 50.0 Å². The molecule has 0 radical (unpaired) electrons. The molecule has 3 fully saturated rings. The molecule has 2 atom stereocenters. The zero-order valence-electron chi connectivity index (χ0n) is 15.5. The van der Waals surface area contributed by atoms with Crippen LogP contribution in [0.4, 0.5) is 4.79 Å². The summed E-state index contributed by atoms with van der Waals surface area (Å²) >= 11 is 0. The highest BCUT2D eigenvalue weighted by Crippen LogP contribution is 2.54. The fraction of sp³-hybridized carbons (Fsp3) is 0.889. The molecule has 24 heavy (non-hydrogen) atoms. The fourth-order valence-electron chi connectivity index (χ4n) is 4.09. The zero-order valence-corrected chi connectivity index (χ0v) is 15.5. The minimum atomic E-state index is -0.527. The highest BCUT2D eigenvalue weighted by molar-refractivity contribution is 5.83. The van der Waals surface area contributed by atoms with Crippen molar-refractivity contribution in [2.45, 2.75) is 46.6 Å². The van der Waals surface area contributed by atoms with Crippen LogP contribution in [-0.4, -0.2) is 65.3 Å². The predicted molar refractivity (Wildman–Crippen MR) is 89.3 cm³/mol. The number of aliphatic hydroxyl groups is 1. The van der Waals surface area contributed by atoms with Crippen molar-refractivity contribution in [3.05, 3.63) is 0 Å². The molecule has 1 N–H and O–H groups in total. The summed E-state index contributed by atoms with van der Waals surface area (Å²) in [7, 11) is 0. The maximum absolute atomic E-state index is 12.5. The molecular weight excluding hydrogens is 308 g/mol. The van der Waals surface area contributed by atoms with Gasteiger partial charge in [-0.05, 0) is 32.6 Å². The predicted octanol–water partition coefficient (Wildman–Crippen LogP) is 1.72. The lowest BCUT2D eigenvalue weighted by molar-refractivity contribution is -0.148. The van der Waals surface area contributed by atoms with Crippen molar-refractivity contribution < 1.29 is 19.4 Å². The van der Waals surface area contributed by atoms with Gasteiger partial charge in [-0.3, -0.25) is 4.79 Å². The minimum Gasteiger partial charge on any atom is -0.444 e. The number of carbonyl (C=O) groups excluding carboxylic acids is 2. The molecular formula is C18H30N2O4.